The minimum absolute atomic E-state index is 0.470. The molecular formula is C14H18ClN3. The molecule has 0 N–H and O–H groups in total. The smallest absolute Gasteiger partial charge is 0.125 e. The minimum Gasteiger partial charge on any atom is -0.323 e. The van der Waals surface area contributed by atoms with E-state index in [0.29, 0.717) is 17.8 Å². The minimum atomic E-state index is 0.470. The first-order valence-electron chi connectivity index (χ1n) is 6.68. The van der Waals surface area contributed by atoms with Gasteiger partial charge in [-0.1, -0.05) is 19.8 Å². The normalized spacial score (nSPS) is 24.6. The van der Waals surface area contributed by atoms with E-state index in [9.17, 15) is 0 Å². The standard InChI is InChI=1S/C14H18ClN3/c1-10-4-2-3-5-12(10)18-13-6-7-16-9-11(13)17-14(18)8-15/h6-7,9-10,12H,2-5,8H2,1H3. The number of nitrogens with zero attached hydrogens (tertiary/aromatic N) is 3. The summed E-state index contributed by atoms with van der Waals surface area (Å²) in [5.74, 6) is 2.16. The molecule has 0 saturated heterocycles. The lowest BCUT2D eigenvalue weighted by Crippen LogP contribution is -2.22. The molecule has 1 aliphatic carbocycles. The Labute approximate surface area is 112 Å². The lowest BCUT2D eigenvalue weighted by Gasteiger charge is -2.31. The quantitative estimate of drug-likeness (QED) is 0.769. The predicted octanol–water partition coefficient (Wildman–Crippen LogP) is 3.92. The van der Waals surface area contributed by atoms with Crippen LogP contribution < -0.4 is 0 Å². The summed E-state index contributed by atoms with van der Waals surface area (Å²) in [4.78, 5) is 8.76. The van der Waals surface area contributed by atoms with Crippen LogP contribution in [0.3, 0.4) is 0 Å². The number of hydrogen-bond donors (Lipinski definition) is 0. The molecule has 18 heavy (non-hydrogen) atoms. The Bertz CT molecular complexity index is 549. The van der Waals surface area contributed by atoms with Crippen molar-refractivity contribution >= 4 is 22.6 Å². The number of hydrogen-bond acceptors (Lipinski definition) is 2. The Morgan fingerprint density at radius 2 is 2.22 bits per heavy atom. The zero-order valence-electron chi connectivity index (χ0n) is 10.6. The second-order valence-electron chi connectivity index (χ2n) is 5.23. The predicted molar refractivity (Wildman–Crippen MR) is 73.8 cm³/mol. The topological polar surface area (TPSA) is 30.7 Å². The Balaban J connectivity index is 2.13. The van der Waals surface area contributed by atoms with Crippen molar-refractivity contribution in [3.8, 4) is 0 Å². The van der Waals surface area contributed by atoms with E-state index in [1.165, 1.54) is 31.2 Å². The van der Waals surface area contributed by atoms with Crippen LogP contribution >= 0.6 is 11.6 Å². The zero-order valence-corrected chi connectivity index (χ0v) is 11.4. The molecule has 1 aliphatic rings. The Kier molecular flexibility index (Phi) is 3.25. The summed E-state index contributed by atoms with van der Waals surface area (Å²) >= 11 is 6.07. The Hall–Kier alpha value is -1.09. The van der Waals surface area contributed by atoms with Crippen molar-refractivity contribution in [2.75, 3.05) is 0 Å². The number of fused-ring (bicyclic) bond motifs is 1. The second-order valence-corrected chi connectivity index (χ2v) is 5.49. The van der Waals surface area contributed by atoms with Crippen LogP contribution in [0, 0.1) is 5.92 Å². The molecule has 0 aromatic carbocycles. The Morgan fingerprint density at radius 1 is 1.39 bits per heavy atom. The fourth-order valence-corrected chi connectivity index (χ4v) is 3.33. The summed E-state index contributed by atoms with van der Waals surface area (Å²) in [5, 5.41) is 0. The highest BCUT2D eigenvalue weighted by molar-refractivity contribution is 6.16. The maximum absolute atomic E-state index is 6.07. The largest absolute Gasteiger partial charge is 0.323 e. The van der Waals surface area contributed by atoms with Crippen molar-refractivity contribution in [3.63, 3.8) is 0 Å². The average Bonchev–Trinajstić information content (AvgIpc) is 2.78. The molecule has 4 heteroatoms. The molecule has 1 saturated carbocycles. The van der Waals surface area contributed by atoms with E-state index in [1.54, 1.807) is 0 Å². The molecule has 0 spiro atoms. The van der Waals surface area contributed by atoms with Crippen molar-refractivity contribution in [2.45, 2.75) is 44.5 Å². The molecule has 96 valence electrons. The van der Waals surface area contributed by atoms with E-state index in [-0.39, 0.29) is 0 Å². The van der Waals surface area contributed by atoms with Crippen LogP contribution in [-0.2, 0) is 5.88 Å². The van der Waals surface area contributed by atoms with E-state index < -0.39 is 0 Å². The summed E-state index contributed by atoms with van der Waals surface area (Å²) < 4.78 is 2.36. The first-order chi connectivity index (χ1) is 8.81. The van der Waals surface area contributed by atoms with Gasteiger partial charge in [-0.05, 0) is 24.8 Å². The number of imidazole rings is 1. The van der Waals surface area contributed by atoms with Crippen LogP contribution in [0.5, 0.6) is 0 Å². The molecule has 2 aromatic rings. The molecule has 0 bridgehead atoms. The molecule has 3 nitrogen and oxygen atoms in total. The number of halogens is 1. The van der Waals surface area contributed by atoms with Gasteiger partial charge < -0.3 is 4.57 Å². The first kappa shape index (κ1) is 12.0. The van der Waals surface area contributed by atoms with Gasteiger partial charge in [-0.2, -0.15) is 0 Å². The number of rotatable bonds is 2. The maximum atomic E-state index is 6.07. The molecular weight excluding hydrogens is 246 g/mol. The number of aromatic nitrogens is 3. The SMILES string of the molecule is CC1CCCCC1n1c(CCl)nc2cnccc21. The van der Waals surface area contributed by atoms with Gasteiger partial charge in [0.15, 0.2) is 0 Å². The lowest BCUT2D eigenvalue weighted by atomic mass is 9.85. The summed E-state index contributed by atoms with van der Waals surface area (Å²) in [7, 11) is 0. The fraction of sp³-hybridized carbons (Fsp3) is 0.571. The van der Waals surface area contributed by atoms with Crippen molar-refractivity contribution in [1.29, 1.82) is 0 Å². The van der Waals surface area contributed by atoms with E-state index >= 15 is 0 Å². The first-order valence-corrected chi connectivity index (χ1v) is 7.21. The van der Waals surface area contributed by atoms with Gasteiger partial charge in [-0.3, -0.25) is 4.98 Å². The van der Waals surface area contributed by atoms with Crippen molar-refractivity contribution in [1.82, 2.24) is 14.5 Å². The van der Waals surface area contributed by atoms with Gasteiger partial charge in [0.1, 0.15) is 11.3 Å². The van der Waals surface area contributed by atoms with Gasteiger partial charge in [-0.15, -0.1) is 11.6 Å². The van der Waals surface area contributed by atoms with Gasteiger partial charge >= 0.3 is 0 Å². The van der Waals surface area contributed by atoms with Gasteiger partial charge in [-0.25, -0.2) is 4.98 Å². The van der Waals surface area contributed by atoms with Crippen LogP contribution in [0.1, 0.15) is 44.5 Å². The highest BCUT2D eigenvalue weighted by Gasteiger charge is 2.26. The molecule has 2 aromatic heterocycles. The third-order valence-electron chi connectivity index (χ3n) is 4.08. The van der Waals surface area contributed by atoms with E-state index in [0.717, 1.165) is 11.3 Å². The lowest BCUT2D eigenvalue weighted by molar-refractivity contribution is 0.258. The number of pyridine rings is 1. The van der Waals surface area contributed by atoms with E-state index in [2.05, 4.69) is 27.5 Å². The Morgan fingerprint density at radius 3 is 3.00 bits per heavy atom. The van der Waals surface area contributed by atoms with E-state index in [1.807, 2.05) is 12.4 Å². The van der Waals surface area contributed by atoms with Crippen molar-refractivity contribution < 1.29 is 0 Å². The second kappa shape index (κ2) is 4.88. The maximum Gasteiger partial charge on any atom is 0.125 e. The summed E-state index contributed by atoms with van der Waals surface area (Å²) in [6, 6.07) is 2.60. The fourth-order valence-electron chi connectivity index (χ4n) is 3.15. The summed E-state index contributed by atoms with van der Waals surface area (Å²) in [6.45, 7) is 2.34. The third-order valence-corrected chi connectivity index (χ3v) is 4.32. The highest BCUT2D eigenvalue weighted by atomic mass is 35.5. The monoisotopic (exact) mass is 263 g/mol. The van der Waals surface area contributed by atoms with Crippen LogP contribution in [0.25, 0.3) is 11.0 Å². The van der Waals surface area contributed by atoms with Crippen LogP contribution in [-0.4, -0.2) is 14.5 Å². The molecule has 2 heterocycles. The zero-order chi connectivity index (χ0) is 12.5. The van der Waals surface area contributed by atoms with Crippen LogP contribution in [0.2, 0.25) is 0 Å². The average molecular weight is 264 g/mol. The van der Waals surface area contributed by atoms with Crippen LogP contribution in [0.4, 0.5) is 0 Å². The van der Waals surface area contributed by atoms with Gasteiger partial charge in [0.05, 0.1) is 17.6 Å². The molecule has 0 amide bonds. The van der Waals surface area contributed by atoms with Crippen molar-refractivity contribution in [2.24, 2.45) is 5.92 Å². The molecule has 3 rings (SSSR count). The molecule has 0 radical (unpaired) electrons. The summed E-state index contributed by atoms with van der Waals surface area (Å²) in [5.41, 5.74) is 2.14. The van der Waals surface area contributed by atoms with E-state index in [4.69, 9.17) is 11.6 Å². The number of alkyl halides is 1. The van der Waals surface area contributed by atoms with Crippen LogP contribution in [0.15, 0.2) is 18.5 Å². The molecule has 0 aliphatic heterocycles. The third kappa shape index (κ3) is 1.91. The molecule has 2 atom stereocenters. The van der Waals surface area contributed by atoms with Gasteiger partial charge in [0.25, 0.3) is 0 Å². The van der Waals surface area contributed by atoms with Gasteiger partial charge in [0.2, 0.25) is 0 Å². The van der Waals surface area contributed by atoms with Crippen molar-refractivity contribution in [3.05, 3.63) is 24.3 Å². The molecule has 2 unspecified atom stereocenters. The molecule has 1 fully saturated rings. The summed E-state index contributed by atoms with van der Waals surface area (Å²) in [6.07, 6.45) is 8.86. The highest BCUT2D eigenvalue weighted by Crippen LogP contribution is 2.36. The van der Waals surface area contributed by atoms with Gasteiger partial charge in [0, 0.05) is 12.2 Å².